The summed E-state index contributed by atoms with van der Waals surface area (Å²) in [5, 5.41) is 3.38. The maximum atomic E-state index is 5.58. The first kappa shape index (κ1) is 11.1. The van der Waals surface area contributed by atoms with Crippen molar-refractivity contribution in [2.24, 2.45) is 0 Å². The Bertz CT molecular complexity index is 522. The minimum atomic E-state index is 0.760. The van der Waals surface area contributed by atoms with E-state index in [4.69, 9.17) is 4.74 Å². The molecule has 0 aromatic heterocycles. The molecular formula is C16H17NO. The molecule has 0 unspecified atom stereocenters. The molecule has 3 rings (SSSR count). The van der Waals surface area contributed by atoms with Gasteiger partial charge in [0.05, 0.1) is 5.69 Å². The number of benzene rings is 2. The number of ether oxygens (including phenoxy) is 1. The average molecular weight is 239 g/mol. The first-order valence-electron chi connectivity index (χ1n) is 6.45. The van der Waals surface area contributed by atoms with Crippen LogP contribution in [0.4, 0.5) is 5.69 Å². The monoisotopic (exact) mass is 239 g/mol. The summed E-state index contributed by atoms with van der Waals surface area (Å²) in [6, 6.07) is 17.0. The van der Waals surface area contributed by atoms with Crippen LogP contribution in [0, 0.1) is 0 Å². The fourth-order valence-electron chi connectivity index (χ4n) is 2.28. The Morgan fingerprint density at radius 3 is 2.67 bits per heavy atom. The van der Waals surface area contributed by atoms with E-state index >= 15 is 0 Å². The van der Waals surface area contributed by atoms with Gasteiger partial charge in [-0.1, -0.05) is 36.4 Å². The Labute approximate surface area is 108 Å². The van der Waals surface area contributed by atoms with Crippen LogP contribution in [-0.4, -0.2) is 13.2 Å². The summed E-state index contributed by atoms with van der Waals surface area (Å²) in [6.45, 7) is 1.66. The number of hydrogen-bond acceptors (Lipinski definition) is 2. The van der Waals surface area contributed by atoms with Gasteiger partial charge in [0.25, 0.3) is 0 Å². The summed E-state index contributed by atoms with van der Waals surface area (Å²) in [5.74, 6) is 0.977. The van der Waals surface area contributed by atoms with Crippen molar-refractivity contribution < 1.29 is 4.74 Å². The van der Waals surface area contributed by atoms with Crippen LogP contribution in [0.25, 0.3) is 0 Å². The second-order valence-corrected chi connectivity index (χ2v) is 4.59. The Kier molecular flexibility index (Phi) is 3.18. The third-order valence-electron chi connectivity index (χ3n) is 3.26. The molecule has 0 radical (unpaired) electrons. The van der Waals surface area contributed by atoms with Crippen molar-refractivity contribution in [2.45, 2.75) is 12.8 Å². The van der Waals surface area contributed by atoms with E-state index < -0.39 is 0 Å². The molecule has 2 aromatic carbocycles. The lowest BCUT2D eigenvalue weighted by molar-refractivity contribution is 0.323. The van der Waals surface area contributed by atoms with E-state index in [2.05, 4.69) is 53.8 Å². The molecule has 1 heterocycles. The Balaban J connectivity index is 1.70. The van der Waals surface area contributed by atoms with E-state index in [1.165, 1.54) is 11.1 Å². The van der Waals surface area contributed by atoms with Crippen LogP contribution < -0.4 is 10.1 Å². The zero-order valence-electron chi connectivity index (χ0n) is 10.4. The molecule has 0 amide bonds. The van der Waals surface area contributed by atoms with E-state index in [1.54, 1.807) is 0 Å². The zero-order chi connectivity index (χ0) is 12.2. The van der Waals surface area contributed by atoms with Crippen molar-refractivity contribution in [3.8, 4) is 5.75 Å². The molecule has 0 saturated heterocycles. The van der Waals surface area contributed by atoms with Crippen molar-refractivity contribution in [3.05, 3.63) is 59.7 Å². The normalized spacial score (nSPS) is 13.3. The van der Waals surface area contributed by atoms with E-state index in [0.717, 1.165) is 37.4 Å². The van der Waals surface area contributed by atoms with Gasteiger partial charge in [0.2, 0.25) is 0 Å². The number of nitrogens with one attached hydrogen (secondary N) is 1. The van der Waals surface area contributed by atoms with Crippen molar-refractivity contribution in [1.29, 1.82) is 0 Å². The minimum absolute atomic E-state index is 0.760. The van der Waals surface area contributed by atoms with E-state index in [1.807, 2.05) is 0 Å². The summed E-state index contributed by atoms with van der Waals surface area (Å²) >= 11 is 0. The fraction of sp³-hybridized carbons (Fsp3) is 0.250. The SMILES string of the molecule is c1ccc(CCc2ccc3c(c2)NCCO3)cc1. The first-order valence-corrected chi connectivity index (χ1v) is 6.45. The smallest absolute Gasteiger partial charge is 0.142 e. The molecule has 0 saturated carbocycles. The molecule has 1 aliphatic heterocycles. The van der Waals surface area contributed by atoms with Crippen LogP contribution in [0.2, 0.25) is 0 Å². The van der Waals surface area contributed by atoms with Crippen molar-refractivity contribution >= 4 is 5.69 Å². The lowest BCUT2D eigenvalue weighted by Gasteiger charge is -2.19. The van der Waals surface area contributed by atoms with E-state index in [-0.39, 0.29) is 0 Å². The highest BCUT2D eigenvalue weighted by Gasteiger charge is 2.09. The molecule has 0 atom stereocenters. The maximum Gasteiger partial charge on any atom is 0.142 e. The quantitative estimate of drug-likeness (QED) is 0.887. The molecule has 1 aliphatic rings. The van der Waals surface area contributed by atoms with Crippen LogP contribution in [0.5, 0.6) is 5.75 Å². The van der Waals surface area contributed by atoms with E-state index in [9.17, 15) is 0 Å². The molecule has 0 aliphatic carbocycles. The van der Waals surface area contributed by atoms with Crippen molar-refractivity contribution in [2.75, 3.05) is 18.5 Å². The standard InChI is InChI=1S/C16H17NO/c1-2-4-13(5-3-1)6-7-14-8-9-16-15(12-14)17-10-11-18-16/h1-5,8-9,12,17H,6-7,10-11H2. The number of fused-ring (bicyclic) bond motifs is 1. The van der Waals surface area contributed by atoms with Gasteiger partial charge < -0.3 is 10.1 Å². The topological polar surface area (TPSA) is 21.3 Å². The molecule has 92 valence electrons. The molecule has 2 aromatic rings. The highest BCUT2D eigenvalue weighted by Crippen LogP contribution is 2.28. The Morgan fingerprint density at radius 1 is 0.944 bits per heavy atom. The Hall–Kier alpha value is -1.96. The molecule has 1 N–H and O–H groups in total. The zero-order valence-corrected chi connectivity index (χ0v) is 10.4. The molecule has 2 heteroatoms. The minimum Gasteiger partial charge on any atom is -0.490 e. The number of anilines is 1. The highest BCUT2D eigenvalue weighted by atomic mass is 16.5. The lowest BCUT2D eigenvalue weighted by atomic mass is 10.0. The van der Waals surface area contributed by atoms with Crippen LogP contribution >= 0.6 is 0 Å². The predicted molar refractivity (Wildman–Crippen MR) is 74.3 cm³/mol. The third-order valence-corrected chi connectivity index (χ3v) is 3.26. The lowest BCUT2D eigenvalue weighted by Crippen LogP contribution is -2.18. The van der Waals surface area contributed by atoms with Gasteiger partial charge in [-0.25, -0.2) is 0 Å². The summed E-state index contributed by atoms with van der Waals surface area (Å²) in [7, 11) is 0. The van der Waals surface area contributed by atoms with Crippen LogP contribution in [0.1, 0.15) is 11.1 Å². The van der Waals surface area contributed by atoms with Gasteiger partial charge in [-0.3, -0.25) is 0 Å². The second kappa shape index (κ2) is 5.13. The third kappa shape index (κ3) is 2.48. The van der Waals surface area contributed by atoms with Gasteiger partial charge in [0, 0.05) is 6.54 Å². The number of rotatable bonds is 3. The first-order chi connectivity index (χ1) is 8.92. The van der Waals surface area contributed by atoms with Crippen LogP contribution in [0.15, 0.2) is 48.5 Å². The summed E-state index contributed by atoms with van der Waals surface area (Å²) < 4.78 is 5.58. The summed E-state index contributed by atoms with van der Waals surface area (Å²) in [6.07, 6.45) is 2.15. The summed E-state index contributed by atoms with van der Waals surface area (Å²) in [4.78, 5) is 0. The molecule has 2 nitrogen and oxygen atoms in total. The van der Waals surface area contributed by atoms with Crippen molar-refractivity contribution in [1.82, 2.24) is 0 Å². The number of aryl methyl sites for hydroxylation is 2. The van der Waals surface area contributed by atoms with Gasteiger partial charge in [0.1, 0.15) is 12.4 Å². The molecule has 18 heavy (non-hydrogen) atoms. The van der Waals surface area contributed by atoms with Crippen LogP contribution in [0.3, 0.4) is 0 Å². The second-order valence-electron chi connectivity index (χ2n) is 4.59. The van der Waals surface area contributed by atoms with Gasteiger partial charge >= 0.3 is 0 Å². The number of hydrogen-bond donors (Lipinski definition) is 1. The van der Waals surface area contributed by atoms with Gasteiger partial charge in [-0.15, -0.1) is 0 Å². The largest absolute Gasteiger partial charge is 0.490 e. The van der Waals surface area contributed by atoms with Gasteiger partial charge in [-0.05, 0) is 36.1 Å². The average Bonchev–Trinajstić information content (AvgIpc) is 2.46. The Morgan fingerprint density at radius 2 is 1.78 bits per heavy atom. The predicted octanol–water partition coefficient (Wildman–Crippen LogP) is 3.28. The van der Waals surface area contributed by atoms with E-state index in [0.29, 0.717) is 0 Å². The van der Waals surface area contributed by atoms with Gasteiger partial charge in [0.15, 0.2) is 0 Å². The summed E-state index contributed by atoms with van der Waals surface area (Å²) in [5.41, 5.74) is 3.88. The van der Waals surface area contributed by atoms with Crippen molar-refractivity contribution in [3.63, 3.8) is 0 Å². The maximum absolute atomic E-state index is 5.58. The van der Waals surface area contributed by atoms with Gasteiger partial charge in [-0.2, -0.15) is 0 Å². The molecule has 0 spiro atoms. The van der Waals surface area contributed by atoms with Crippen LogP contribution in [-0.2, 0) is 12.8 Å². The highest BCUT2D eigenvalue weighted by molar-refractivity contribution is 5.59. The fourth-order valence-corrected chi connectivity index (χ4v) is 2.28. The molecular weight excluding hydrogens is 222 g/mol. The molecule has 0 fully saturated rings. The molecule has 0 bridgehead atoms.